The lowest BCUT2D eigenvalue weighted by molar-refractivity contribution is 0.541. The van der Waals surface area contributed by atoms with Gasteiger partial charge in [-0.15, -0.1) is 0 Å². The Labute approximate surface area is 93.9 Å². The summed E-state index contributed by atoms with van der Waals surface area (Å²) in [6.45, 7) is 8.84. The minimum absolute atomic E-state index is 0.602. The highest BCUT2D eigenvalue weighted by Crippen LogP contribution is 2.18. The summed E-state index contributed by atoms with van der Waals surface area (Å²) in [7, 11) is 2.05. The van der Waals surface area contributed by atoms with Crippen molar-refractivity contribution < 1.29 is 0 Å². The van der Waals surface area contributed by atoms with Gasteiger partial charge in [-0.2, -0.15) is 0 Å². The van der Waals surface area contributed by atoms with Crippen LogP contribution in [0, 0.1) is 20.8 Å². The van der Waals surface area contributed by atoms with Crippen molar-refractivity contribution in [2.75, 3.05) is 7.05 Å². The van der Waals surface area contributed by atoms with E-state index in [1.807, 2.05) is 7.05 Å². The van der Waals surface area contributed by atoms with E-state index < -0.39 is 0 Å². The zero-order chi connectivity index (χ0) is 11.4. The molecule has 0 amide bonds. The largest absolute Gasteiger partial charge is 0.317 e. The first-order valence-corrected chi connectivity index (χ1v) is 5.82. The van der Waals surface area contributed by atoms with Crippen LogP contribution in [0.3, 0.4) is 0 Å². The molecular weight excluding hydrogens is 182 g/mol. The van der Waals surface area contributed by atoms with E-state index in [9.17, 15) is 0 Å². The van der Waals surface area contributed by atoms with E-state index in [0.29, 0.717) is 6.04 Å². The van der Waals surface area contributed by atoms with E-state index in [1.165, 1.54) is 28.7 Å². The Balaban J connectivity index is 2.94. The van der Waals surface area contributed by atoms with E-state index in [1.54, 1.807) is 0 Å². The zero-order valence-electron chi connectivity index (χ0n) is 10.6. The zero-order valence-corrected chi connectivity index (χ0v) is 10.6. The summed E-state index contributed by atoms with van der Waals surface area (Å²) < 4.78 is 0. The predicted molar refractivity (Wildman–Crippen MR) is 67.5 cm³/mol. The van der Waals surface area contributed by atoms with Gasteiger partial charge in [0.05, 0.1) is 0 Å². The molecule has 0 bridgehead atoms. The average Bonchev–Trinajstić information content (AvgIpc) is 2.17. The average molecular weight is 205 g/mol. The Morgan fingerprint density at radius 2 is 1.67 bits per heavy atom. The number of aryl methyl sites for hydroxylation is 3. The Morgan fingerprint density at radius 3 is 2.07 bits per heavy atom. The summed E-state index contributed by atoms with van der Waals surface area (Å²) in [5, 5.41) is 3.37. The monoisotopic (exact) mass is 205 g/mol. The first-order chi connectivity index (χ1) is 7.08. The molecule has 1 rings (SSSR count). The van der Waals surface area contributed by atoms with E-state index in [0.717, 1.165) is 6.42 Å². The van der Waals surface area contributed by atoms with Gasteiger partial charge in [0.1, 0.15) is 0 Å². The summed E-state index contributed by atoms with van der Waals surface area (Å²) >= 11 is 0. The molecule has 1 unspecified atom stereocenters. The van der Waals surface area contributed by atoms with Crippen LogP contribution in [0.4, 0.5) is 0 Å². The summed E-state index contributed by atoms with van der Waals surface area (Å²) in [5.74, 6) is 0. The maximum Gasteiger partial charge on any atom is 0.0102 e. The topological polar surface area (TPSA) is 12.0 Å². The molecule has 0 fully saturated rings. The van der Waals surface area contributed by atoms with Gasteiger partial charge in [0.25, 0.3) is 0 Å². The van der Waals surface area contributed by atoms with Crippen LogP contribution in [0.5, 0.6) is 0 Å². The van der Waals surface area contributed by atoms with Crippen molar-refractivity contribution in [3.8, 4) is 0 Å². The Morgan fingerprint density at radius 1 is 1.13 bits per heavy atom. The first-order valence-electron chi connectivity index (χ1n) is 5.82. The number of hydrogen-bond acceptors (Lipinski definition) is 1. The first kappa shape index (κ1) is 12.3. The SMILES string of the molecule is CCC(Cc1c(C)cc(C)cc1C)NC. The van der Waals surface area contributed by atoms with E-state index in [-0.39, 0.29) is 0 Å². The Kier molecular flexibility index (Phi) is 4.34. The molecule has 1 atom stereocenters. The van der Waals surface area contributed by atoms with Gasteiger partial charge in [-0.05, 0) is 57.4 Å². The van der Waals surface area contributed by atoms with E-state index in [4.69, 9.17) is 0 Å². The van der Waals surface area contributed by atoms with Crippen molar-refractivity contribution in [3.05, 3.63) is 34.4 Å². The standard InChI is InChI=1S/C14H23N/c1-6-13(15-5)9-14-11(3)7-10(2)8-12(14)4/h7-8,13,15H,6,9H2,1-5H3. The molecule has 0 spiro atoms. The van der Waals surface area contributed by atoms with Gasteiger partial charge in [0, 0.05) is 6.04 Å². The van der Waals surface area contributed by atoms with E-state index in [2.05, 4.69) is 45.1 Å². The summed E-state index contributed by atoms with van der Waals surface area (Å²) in [6.07, 6.45) is 2.33. The molecule has 0 aliphatic heterocycles. The molecule has 1 heteroatoms. The lowest BCUT2D eigenvalue weighted by atomic mass is 9.94. The van der Waals surface area contributed by atoms with Crippen LogP contribution < -0.4 is 5.32 Å². The molecule has 0 saturated carbocycles. The van der Waals surface area contributed by atoms with Crippen molar-refractivity contribution in [1.82, 2.24) is 5.32 Å². The fourth-order valence-corrected chi connectivity index (χ4v) is 2.23. The van der Waals surface area contributed by atoms with Gasteiger partial charge < -0.3 is 5.32 Å². The molecule has 1 nitrogen and oxygen atoms in total. The summed E-state index contributed by atoms with van der Waals surface area (Å²) in [4.78, 5) is 0. The fourth-order valence-electron chi connectivity index (χ4n) is 2.23. The molecule has 0 aliphatic rings. The molecule has 0 aromatic heterocycles. The predicted octanol–water partition coefficient (Wildman–Crippen LogP) is 3.15. The molecule has 84 valence electrons. The van der Waals surface area contributed by atoms with Crippen LogP contribution in [-0.2, 0) is 6.42 Å². The molecule has 1 aromatic rings. The second-order valence-corrected chi connectivity index (χ2v) is 4.48. The Bertz CT molecular complexity index is 301. The smallest absolute Gasteiger partial charge is 0.0102 e. The van der Waals surface area contributed by atoms with Crippen LogP contribution in [-0.4, -0.2) is 13.1 Å². The number of rotatable bonds is 4. The normalized spacial score (nSPS) is 12.9. The molecule has 0 radical (unpaired) electrons. The highest BCUT2D eigenvalue weighted by Gasteiger charge is 2.09. The number of likely N-dealkylation sites (N-methyl/N-ethyl adjacent to an activating group) is 1. The summed E-state index contributed by atoms with van der Waals surface area (Å²) in [5.41, 5.74) is 5.75. The lowest BCUT2D eigenvalue weighted by Crippen LogP contribution is -2.27. The van der Waals surface area contributed by atoms with Crippen LogP contribution in [0.15, 0.2) is 12.1 Å². The molecule has 0 aliphatic carbocycles. The maximum atomic E-state index is 3.37. The number of benzene rings is 1. The third-order valence-electron chi connectivity index (χ3n) is 3.19. The quantitative estimate of drug-likeness (QED) is 0.796. The van der Waals surface area contributed by atoms with Crippen LogP contribution in [0.2, 0.25) is 0 Å². The lowest BCUT2D eigenvalue weighted by Gasteiger charge is -2.18. The molecule has 0 saturated heterocycles. The number of nitrogens with one attached hydrogen (secondary N) is 1. The van der Waals surface area contributed by atoms with Crippen LogP contribution in [0.1, 0.15) is 35.6 Å². The van der Waals surface area contributed by atoms with Gasteiger partial charge >= 0.3 is 0 Å². The highest BCUT2D eigenvalue weighted by molar-refractivity contribution is 5.37. The van der Waals surface area contributed by atoms with Crippen molar-refractivity contribution in [2.45, 2.75) is 46.6 Å². The number of hydrogen-bond donors (Lipinski definition) is 1. The van der Waals surface area contributed by atoms with Gasteiger partial charge in [-0.25, -0.2) is 0 Å². The van der Waals surface area contributed by atoms with Crippen LogP contribution in [0.25, 0.3) is 0 Å². The molecular formula is C14H23N. The van der Waals surface area contributed by atoms with Crippen molar-refractivity contribution >= 4 is 0 Å². The minimum Gasteiger partial charge on any atom is -0.317 e. The summed E-state index contributed by atoms with van der Waals surface area (Å²) in [6, 6.07) is 5.17. The van der Waals surface area contributed by atoms with Crippen molar-refractivity contribution in [1.29, 1.82) is 0 Å². The maximum absolute atomic E-state index is 3.37. The van der Waals surface area contributed by atoms with Gasteiger partial charge in [0.2, 0.25) is 0 Å². The van der Waals surface area contributed by atoms with Crippen LogP contribution >= 0.6 is 0 Å². The van der Waals surface area contributed by atoms with Gasteiger partial charge in [-0.3, -0.25) is 0 Å². The fraction of sp³-hybridized carbons (Fsp3) is 0.571. The second kappa shape index (κ2) is 5.32. The molecule has 1 aromatic carbocycles. The van der Waals surface area contributed by atoms with Crippen molar-refractivity contribution in [2.24, 2.45) is 0 Å². The van der Waals surface area contributed by atoms with Gasteiger partial charge in [0.15, 0.2) is 0 Å². The minimum atomic E-state index is 0.602. The highest BCUT2D eigenvalue weighted by atomic mass is 14.9. The van der Waals surface area contributed by atoms with Gasteiger partial charge in [-0.1, -0.05) is 24.6 Å². The van der Waals surface area contributed by atoms with E-state index >= 15 is 0 Å². The third kappa shape index (κ3) is 3.07. The molecule has 1 N–H and O–H groups in total. The second-order valence-electron chi connectivity index (χ2n) is 4.48. The molecule has 0 heterocycles. The molecule has 15 heavy (non-hydrogen) atoms. The third-order valence-corrected chi connectivity index (χ3v) is 3.19. The van der Waals surface area contributed by atoms with Crippen molar-refractivity contribution in [3.63, 3.8) is 0 Å². The Hall–Kier alpha value is -0.820.